The van der Waals surface area contributed by atoms with Crippen LogP contribution in [0.1, 0.15) is 22.8 Å². The molecule has 0 radical (unpaired) electrons. The van der Waals surface area contributed by atoms with Crippen LogP contribution in [-0.2, 0) is 4.79 Å². The first-order valence-electron chi connectivity index (χ1n) is 6.28. The first-order chi connectivity index (χ1) is 10.0. The Kier molecular flexibility index (Phi) is 4.99. The van der Waals surface area contributed by atoms with E-state index in [2.05, 4.69) is 0 Å². The van der Waals surface area contributed by atoms with Gasteiger partial charge in [0.1, 0.15) is 6.00 Å². The van der Waals surface area contributed by atoms with Crippen LogP contribution in [0.4, 0.5) is 5.69 Å². The lowest BCUT2D eigenvalue weighted by atomic mass is 10.0. The molecule has 21 heavy (non-hydrogen) atoms. The van der Waals surface area contributed by atoms with Gasteiger partial charge in [0, 0.05) is 23.1 Å². The molecular formula is C16H13Cl2NO2. The van der Waals surface area contributed by atoms with Crippen molar-refractivity contribution in [3.05, 3.63) is 64.7 Å². The summed E-state index contributed by atoms with van der Waals surface area (Å²) in [5.74, 6) is -0.445. The van der Waals surface area contributed by atoms with E-state index in [-0.39, 0.29) is 17.7 Å². The average Bonchev–Trinajstić information content (AvgIpc) is 2.49. The van der Waals surface area contributed by atoms with Gasteiger partial charge in [0.25, 0.3) is 0 Å². The molecule has 0 saturated carbocycles. The van der Waals surface area contributed by atoms with E-state index in [9.17, 15) is 9.59 Å². The lowest BCUT2D eigenvalue weighted by molar-refractivity contribution is -0.116. The molecule has 108 valence electrons. The van der Waals surface area contributed by atoms with Crippen molar-refractivity contribution in [2.24, 2.45) is 0 Å². The van der Waals surface area contributed by atoms with Gasteiger partial charge in [-0.1, -0.05) is 41.9 Å². The van der Waals surface area contributed by atoms with E-state index in [4.69, 9.17) is 23.2 Å². The molecule has 0 N–H and O–H groups in total. The maximum atomic E-state index is 12.6. The lowest BCUT2D eigenvalue weighted by Gasteiger charge is -2.21. The molecule has 3 nitrogen and oxygen atoms in total. The smallest absolute Gasteiger partial charge is 0.224 e. The molecule has 0 atom stereocenters. The molecule has 0 bridgehead atoms. The number of carbonyl (C=O) groups is 2. The normalized spacial score (nSPS) is 10.2. The number of amides is 1. The Balaban J connectivity index is 2.54. The van der Waals surface area contributed by atoms with Gasteiger partial charge in [-0.2, -0.15) is 0 Å². The molecule has 0 unspecified atom stereocenters. The van der Waals surface area contributed by atoms with Crippen LogP contribution < -0.4 is 4.90 Å². The van der Waals surface area contributed by atoms with Crippen LogP contribution in [0.5, 0.6) is 0 Å². The minimum Gasteiger partial charge on any atom is -0.298 e. The number of benzene rings is 2. The van der Waals surface area contributed by atoms with Crippen molar-refractivity contribution in [2.75, 3.05) is 10.9 Å². The van der Waals surface area contributed by atoms with Gasteiger partial charge in [0.2, 0.25) is 5.91 Å². The molecule has 2 aromatic rings. The van der Waals surface area contributed by atoms with Crippen LogP contribution >= 0.6 is 23.2 Å². The molecule has 0 saturated heterocycles. The molecule has 0 aromatic heterocycles. The number of anilines is 1. The summed E-state index contributed by atoms with van der Waals surface area (Å²) in [7, 11) is 0. The van der Waals surface area contributed by atoms with Gasteiger partial charge in [-0.25, -0.2) is 0 Å². The minimum atomic E-state index is -0.241. The van der Waals surface area contributed by atoms with Crippen molar-refractivity contribution in [2.45, 2.75) is 6.92 Å². The first kappa shape index (κ1) is 15.5. The van der Waals surface area contributed by atoms with E-state index in [0.717, 1.165) is 0 Å². The highest BCUT2D eigenvalue weighted by Gasteiger charge is 2.20. The van der Waals surface area contributed by atoms with Gasteiger partial charge in [-0.05, 0) is 18.2 Å². The third kappa shape index (κ3) is 3.43. The van der Waals surface area contributed by atoms with Crippen molar-refractivity contribution >= 4 is 40.6 Å². The van der Waals surface area contributed by atoms with Crippen LogP contribution in [0.3, 0.4) is 0 Å². The quantitative estimate of drug-likeness (QED) is 0.482. The Morgan fingerprint density at radius 2 is 1.76 bits per heavy atom. The van der Waals surface area contributed by atoms with Crippen LogP contribution in [0.2, 0.25) is 5.02 Å². The van der Waals surface area contributed by atoms with Gasteiger partial charge in [-0.15, -0.1) is 11.6 Å². The second kappa shape index (κ2) is 6.74. The van der Waals surface area contributed by atoms with E-state index >= 15 is 0 Å². The number of hydrogen-bond donors (Lipinski definition) is 0. The van der Waals surface area contributed by atoms with Crippen molar-refractivity contribution in [3.8, 4) is 0 Å². The summed E-state index contributed by atoms with van der Waals surface area (Å²) in [6.07, 6.45) is 0. The van der Waals surface area contributed by atoms with Gasteiger partial charge < -0.3 is 0 Å². The van der Waals surface area contributed by atoms with Crippen molar-refractivity contribution < 1.29 is 9.59 Å². The Morgan fingerprint density at radius 1 is 1.10 bits per heavy atom. The maximum absolute atomic E-state index is 12.6. The lowest BCUT2D eigenvalue weighted by Crippen LogP contribution is -2.28. The zero-order valence-electron chi connectivity index (χ0n) is 11.3. The van der Waals surface area contributed by atoms with Crippen molar-refractivity contribution in [3.63, 3.8) is 0 Å². The largest absolute Gasteiger partial charge is 0.298 e. The van der Waals surface area contributed by atoms with Crippen LogP contribution in [0.15, 0.2) is 48.5 Å². The molecule has 0 fully saturated rings. The number of ketones is 1. The topological polar surface area (TPSA) is 37.4 Å². The van der Waals surface area contributed by atoms with Crippen LogP contribution in [0.25, 0.3) is 0 Å². The predicted molar refractivity (Wildman–Crippen MR) is 85.2 cm³/mol. The van der Waals surface area contributed by atoms with Crippen molar-refractivity contribution in [1.82, 2.24) is 0 Å². The molecule has 2 aromatic carbocycles. The molecule has 0 aliphatic carbocycles. The summed E-state index contributed by atoms with van der Waals surface area (Å²) < 4.78 is 0. The van der Waals surface area contributed by atoms with E-state index in [1.54, 1.807) is 42.5 Å². The van der Waals surface area contributed by atoms with E-state index in [1.165, 1.54) is 11.8 Å². The Hall–Kier alpha value is -1.84. The highest BCUT2D eigenvalue weighted by molar-refractivity contribution is 6.31. The highest BCUT2D eigenvalue weighted by atomic mass is 35.5. The molecule has 1 amide bonds. The fourth-order valence-corrected chi connectivity index (χ4v) is 2.46. The molecule has 0 aliphatic heterocycles. The molecule has 5 heteroatoms. The van der Waals surface area contributed by atoms with Crippen LogP contribution in [-0.4, -0.2) is 17.7 Å². The summed E-state index contributed by atoms with van der Waals surface area (Å²) in [5, 5.41) is 0.427. The second-order valence-electron chi connectivity index (χ2n) is 4.42. The summed E-state index contributed by atoms with van der Waals surface area (Å²) in [5.41, 5.74) is 1.33. The number of halogens is 2. The molecule has 0 heterocycles. The number of carbonyl (C=O) groups excluding carboxylic acids is 2. The third-order valence-electron chi connectivity index (χ3n) is 3.03. The summed E-state index contributed by atoms with van der Waals surface area (Å²) in [6, 6.07) is 13.6. The zero-order valence-corrected chi connectivity index (χ0v) is 12.9. The average molecular weight is 322 g/mol. The fraction of sp³-hybridized carbons (Fsp3) is 0.125. The number of nitrogens with zero attached hydrogens (tertiary/aromatic N) is 1. The third-order valence-corrected chi connectivity index (χ3v) is 3.50. The monoisotopic (exact) mass is 321 g/mol. The first-order valence-corrected chi connectivity index (χ1v) is 7.19. The summed E-state index contributed by atoms with van der Waals surface area (Å²) >= 11 is 11.8. The SMILES string of the molecule is CC(=O)N(CCl)c1ccc(Cl)cc1C(=O)c1ccccc1. The molecule has 0 spiro atoms. The molecule has 0 aliphatic rings. The molecular weight excluding hydrogens is 309 g/mol. The number of rotatable bonds is 4. The Bertz CT molecular complexity index is 671. The van der Waals surface area contributed by atoms with Gasteiger partial charge in [-0.3, -0.25) is 14.5 Å². The minimum absolute atomic E-state index is 0.0357. The zero-order chi connectivity index (χ0) is 15.4. The second-order valence-corrected chi connectivity index (χ2v) is 5.10. The van der Waals surface area contributed by atoms with Crippen LogP contribution in [0, 0.1) is 0 Å². The Morgan fingerprint density at radius 3 is 2.33 bits per heavy atom. The number of hydrogen-bond acceptors (Lipinski definition) is 2. The van der Waals surface area contributed by atoms with E-state index < -0.39 is 0 Å². The molecule has 2 rings (SSSR count). The van der Waals surface area contributed by atoms with Gasteiger partial charge in [0.05, 0.1) is 5.69 Å². The standard InChI is InChI=1S/C16H13Cl2NO2/c1-11(20)19(10-17)15-8-7-13(18)9-14(15)16(21)12-5-3-2-4-6-12/h2-9H,10H2,1H3. The summed E-state index contributed by atoms with van der Waals surface area (Å²) in [6.45, 7) is 1.40. The maximum Gasteiger partial charge on any atom is 0.224 e. The fourth-order valence-electron chi connectivity index (χ4n) is 1.99. The van der Waals surface area contributed by atoms with Crippen molar-refractivity contribution in [1.29, 1.82) is 0 Å². The van der Waals surface area contributed by atoms with Gasteiger partial charge >= 0.3 is 0 Å². The van der Waals surface area contributed by atoms with E-state index in [0.29, 0.717) is 21.8 Å². The van der Waals surface area contributed by atoms with Gasteiger partial charge in [0.15, 0.2) is 5.78 Å². The Labute approximate surface area is 133 Å². The van der Waals surface area contributed by atoms with E-state index in [1.807, 2.05) is 6.07 Å². The summed E-state index contributed by atoms with van der Waals surface area (Å²) in [4.78, 5) is 25.6. The predicted octanol–water partition coefficient (Wildman–Crippen LogP) is 4.12. The highest BCUT2D eigenvalue weighted by Crippen LogP contribution is 2.27. The number of alkyl halides is 1.